The summed E-state index contributed by atoms with van der Waals surface area (Å²) in [5, 5.41) is 12.9. The average molecular weight is 530 g/mol. The molecule has 2 heterocycles. The molecule has 0 fully saturated rings. The molecular weight excluding hydrogens is 496 g/mol. The molecule has 1 amide bonds. The van der Waals surface area contributed by atoms with Crippen LogP contribution in [-0.2, 0) is 17.7 Å². The van der Waals surface area contributed by atoms with E-state index in [9.17, 15) is 9.59 Å². The fourth-order valence-corrected chi connectivity index (χ4v) is 4.69. The number of nitrogens with zero attached hydrogens (tertiary/aromatic N) is 2. The van der Waals surface area contributed by atoms with Crippen LogP contribution in [0.1, 0.15) is 48.7 Å². The summed E-state index contributed by atoms with van der Waals surface area (Å²) < 4.78 is 15.2. The summed E-state index contributed by atoms with van der Waals surface area (Å²) in [5.74, 6) is -0.472. The normalized spacial score (nSPS) is 11.9. The van der Waals surface area contributed by atoms with Crippen LogP contribution in [0.2, 0.25) is 0 Å². The lowest BCUT2D eigenvalue weighted by Gasteiger charge is -2.24. The lowest BCUT2D eigenvalue weighted by molar-refractivity contribution is -0.137. The molecule has 2 aromatic carbocycles. The minimum absolute atomic E-state index is 0.146. The number of carboxylic acid groups (broad SMARTS) is 1. The fraction of sp³-hybridized carbons (Fsp3) is 0.258. The standard InChI is InChI=1S/C31H32N2O4S/c34-30(35)11-2-1-7-20-37-29-10-4-3-8-26(29)22-33(19-16-28-9-5-6-18-32-28)31(36)25-14-12-24(13-15-25)27-17-21-38-23-27/h3-6,8-10,12-15,17-18,21,23H,1-2,7,11,16,19-20,22H2,(H,34,35)/i22D. The number of ether oxygens (including phenoxy) is 1. The molecule has 0 saturated carbocycles. The first-order valence-electron chi connectivity index (χ1n) is 13.3. The van der Waals surface area contributed by atoms with Gasteiger partial charge in [-0.2, -0.15) is 11.3 Å². The zero-order valence-electron chi connectivity index (χ0n) is 22.2. The first-order chi connectivity index (χ1) is 19.0. The second kappa shape index (κ2) is 14.1. The third kappa shape index (κ3) is 8.02. The zero-order chi connectivity index (χ0) is 27.5. The van der Waals surface area contributed by atoms with E-state index in [1.54, 1.807) is 22.4 Å². The van der Waals surface area contributed by atoms with Crippen LogP contribution in [0.15, 0.2) is 89.8 Å². The molecule has 0 bridgehead atoms. The van der Waals surface area contributed by atoms with Gasteiger partial charge in [-0.05, 0) is 77.5 Å². The molecule has 4 aromatic rings. The summed E-state index contributed by atoms with van der Waals surface area (Å²) in [7, 11) is 0. The van der Waals surface area contributed by atoms with Gasteiger partial charge in [-0.1, -0.05) is 36.4 Å². The molecule has 4 rings (SSSR count). The lowest BCUT2D eigenvalue weighted by Crippen LogP contribution is -2.32. The Kier molecular flexibility index (Phi) is 9.52. The SMILES string of the molecule is [2H]C(c1ccccc1OCCCCCC(=O)O)N(CCc1ccccn1)C(=O)c1ccc(-c2ccsc2)cc1. The Labute approximate surface area is 229 Å². The number of aliphatic carboxylic acids is 1. The van der Waals surface area contributed by atoms with Crippen molar-refractivity contribution < 1.29 is 20.8 Å². The van der Waals surface area contributed by atoms with Gasteiger partial charge < -0.3 is 14.7 Å². The van der Waals surface area contributed by atoms with E-state index in [-0.39, 0.29) is 12.3 Å². The second-order valence-corrected chi connectivity index (χ2v) is 9.66. The molecule has 0 aliphatic carbocycles. The van der Waals surface area contributed by atoms with E-state index in [4.69, 9.17) is 11.2 Å². The van der Waals surface area contributed by atoms with Gasteiger partial charge in [0.05, 0.1) is 7.98 Å². The maximum Gasteiger partial charge on any atom is 0.303 e. The summed E-state index contributed by atoms with van der Waals surface area (Å²) in [6.45, 7) is -0.254. The summed E-state index contributed by atoms with van der Waals surface area (Å²) in [4.78, 5) is 30.4. The van der Waals surface area contributed by atoms with Gasteiger partial charge in [0.25, 0.3) is 5.91 Å². The Balaban J connectivity index is 1.51. The van der Waals surface area contributed by atoms with E-state index in [1.165, 1.54) is 0 Å². The van der Waals surface area contributed by atoms with Gasteiger partial charge >= 0.3 is 5.97 Å². The third-order valence-corrected chi connectivity index (χ3v) is 6.77. The minimum atomic E-state index is -0.985. The maximum absolute atomic E-state index is 13.8. The number of hydrogen-bond donors (Lipinski definition) is 1. The molecule has 1 atom stereocenters. The van der Waals surface area contributed by atoms with Crippen LogP contribution in [0.25, 0.3) is 11.1 Å². The van der Waals surface area contributed by atoms with Crippen LogP contribution >= 0.6 is 11.3 Å². The number of rotatable bonds is 14. The van der Waals surface area contributed by atoms with Crippen molar-refractivity contribution in [1.29, 1.82) is 0 Å². The van der Waals surface area contributed by atoms with Gasteiger partial charge in [-0.3, -0.25) is 14.6 Å². The minimum Gasteiger partial charge on any atom is -0.493 e. The quantitative estimate of drug-likeness (QED) is 0.184. The Hall–Kier alpha value is -3.97. The van der Waals surface area contributed by atoms with Crippen LogP contribution in [-0.4, -0.2) is 40.0 Å². The Bertz CT molecular complexity index is 1330. The highest BCUT2D eigenvalue weighted by Gasteiger charge is 2.18. The number of carbonyl (C=O) groups is 2. The number of para-hydroxylation sites is 1. The molecule has 196 valence electrons. The number of thiophene rings is 1. The molecule has 0 aliphatic heterocycles. The van der Waals surface area contributed by atoms with Crippen LogP contribution in [0.4, 0.5) is 0 Å². The molecule has 2 aromatic heterocycles. The van der Waals surface area contributed by atoms with E-state index in [0.717, 1.165) is 23.2 Å². The zero-order valence-corrected chi connectivity index (χ0v) is 22.0. The predicted molar refractivity (Wildman–Crippen MR) is 150 cm³/mol. The number of unbranched alkanes of at least 4 members (excludes halogenated alkanes) is 2. The molecule has 1 unspecified atom stereocenters. The van der Waals surface area contributed by atoms with Gasteiger partial charge in [-0.25, -0.2) is 0 Å². The molecule has 6 nitrogen and oxygen atoms in total. The number of pyridine rings is 1. The molecule has 0 radical (unpaired) electrons. The first kappa shape index (κ1) is 25.7. The number of hydrogen-bond acceptors (Lipinski definition) is 5. The number of aromatic nitrogens is 1. The Morgan fingerprint density at radius 1 is 0.947 bits per heavy atom. The van der Waals surface area contributed by atoms with E-state index in [2.05, 4.69) is 10.4 Å². The van der Waals surface area contributed by atoms with Crippen LogP contribution in [0, 0.1) is 0 Å². The van der Waals surface area contributed by atoms with Crippen LogP contribution < -0.4 is 4.74 Å². The van der Waals surface area contributed by atoms with Crippen LogP contribution in [0.5, 0.6) is 5.75 Å². The van der Waals surface area contributed by atoms with Crippen molar-refractivity contribution in [3.63, 3.8) is 0 Å². The van der Waals surface area contributed by atoms with Gasteiger partial charge in [0, 0.05) is 48.9 Å². The number of benzene rings is 2. The molecule has 0 saturated heterocycles. The predicted octanol–water partition coefficient (Wildman–Crippen LogP) is 6.72. The Morgan fingerprint density at radius 2 is 1.76 bits per heavy atom. The number of carbonyl (C=O) groups excluding carboxylic acids is 1. The van der Waals surface area contributed by atoms with E-state index >= 15 is 0 Å². The van der Waals surface area contributed by atoms with Crippen molar-refractivity contribution >= 4 is 23.2 Å². The highest BCUT2D eigenvalue weighted by Crippen LogP contribution is 2.24. The Morgan fingerprint density at radius 3 is 2.50 bits per heavy atom. The second-order valence-electron chi connectivity index (χ2n) is 8.88. The van der Waals surface area contributed by atoms with Crippen molar-refractivity contribution in [3.8, 4) is 16.9 Å². The highest BCUT2D eigenvalue weighted by molar-refractivity contribution is 7.08. The van der Waals surface area contributed by atoms with Crippen molar-refractivity contribution in [2.24, 2.45) is 0 Å². The topological polar surface area (TPSA) is 79.7 Å². The molecule has 1 N–H and O–H groups in total. The molecule has 0 aliphatic rings. The molecule has 0 spiro atoms. The van der Waals surface area contributed by atoms with Crippen molar-refractivity contribution in [2.75, 3.05) is 13.2 Å². The van der Waals surface area contributed by atoms with E-state index in [0.29, 0.717) is 49.3 Å². The smallest absolute Gasteiger partial charge is 0.303 e. The van der Waals surface area contributed by atoms with Crippen molar-refractivity contribution in [2.45, 2.75) is 38.6 Å². The van der Waals surface area contributed by atoms with Gasteiger partial charge in [-0.15, -0.1) is 0 Å². The molecular formula is C31H32N2O4S. The van der Waals surface area contributed by atoms with Crippen LogP contribution in [0.3, 0.4) is 0 Å². The lowest BCUT2D eigenvalue weighted by atomic mass is 10.1. The van der Waals surface area contributed by atoms with Gasteiger partial charge in [0.15, 0.2) is 0 Å². The fourth-order valence-electron chi connectivity index (χ4n) is 4.03. The van der Waals surface area contributed by atoms with E-state index < -0.39 is 12.5 Å². The number of amides is 1. The summed E-state index contributed by atoms with van der Waals surface area (Å²) in [6.07, 6.45) is 4.44. The summed E-state index contributed by atoms with van der Waals surface area (Å²) in [5.41, 5.74) is 4.12. The van der Waals surface area contributed by atoms with Crippen molar-refractivity contribution in [1.82, 2.24) is 9.88 Å². The summed E-state index contributed by atoms with van der Waals surface area (Å²) in [6, 6.07) is 22.5. The highest BCUT2D eigenvalue weighted by atomic mass is 32.1. The molecule has 38 heavy (non-hydrogen) atoms. The molecule has 7 heteroatoms. The van der Waals surface area contributed by atoms with Gasteiger partial charge in [0.2, 0.25) is 0 Å². The third-order valence-electron chi connectivity index (χ3n) is 6.09. The average Bonchev–Trinajstić information content (AvgIpc) is 3.51. The monoisotopic (exact) mass is 529 g/mol. The first-order valence-corrected chi connectivity index (χ1v) is 13.7. The van der Waals surface area contributed by atoms with Crippen molar-refractivity contribution in [3.05, 3.63) is 107 Å². The maximum atomic E-state index is 13.8. The number of carboxylic acids is 1. The largest absolute Gasteiger partial charge is 0.493 e. The van der Waals surface area contributed by atoms with Gasteiger partial charge in [0.1, 0.15) is 5.75 Å². The van der Waals surface area contributed by atoms with E-state index in [1.807, 2.05) is 78.2 Å². The summed E-state index contributed by atoms with van der Waals surface area (Å²) >= 11 is 1.63.